The molecule has 0 fully saturated rings. The molecule has 0 bridgehead atoms. The number of alkyl halides is 2. The van der Waals surface area contributed by atoms with E-state index >= 15 is 0 Å². The van der Waals surface area contributed by atoms with Crippen LogP contribution in [0.2, 0.25) is 0 Å². The zero-order valence-electron chi connectivity index (χ0n) is 7.08. The molecule has 0 saturated heterocycles. The van der Waals surface area contributed by atoms with Crippen molar-refractivity contribution in [2.24, 2.45) is 0 Å². The average Bonchev–Trinajstić information content (AvgIpc) is 2.05. The molecule has 0 spiro atoms. The van der Waals surface area contributed by atoms with Gasteiger partial charge in [0, 0.05) is 0 Å². The average molecular weight is 266 g/mol. The Labute approximate surface area is 90.6 Å². The quantitative estimate of drug-likeness (QED) is 0.673. The van der Waals surface area contributed by atoms with Crippen molar-refractivity contribution in [3.63, 3.8) is 0 Å². The predicted molar refractivity (Wildman–Crippen MR) is 56.3 cm³/mol. The van der Waals surface area contributed by atoms with Gasteiger partial charge in [-0.25, -0.2) is 0 Å². The summed E-state index contributed by atoms with van der Waals surface area (Å²) in [6.45, 7) is 1.70. The minimum absolute atomic E-state index is 0.359. The summed E-state index contributed by atoms with van der Waals surface area (Å²) in [4.78, 5) is -0.359. The molecule has 13 heavy (non-hydrogen) atoms. The topological polar surface area (TPSA) is 29.5 Å². The standard InChI is InChI=1S/C9H10BrClO2/c1-7(10)9(11,12)13-8-5-3-2-4-6-8/h2-7,12H,1H3. The Bertz CT molecular complexity index is 262. The highest BCUT2D eigenvalue weighted by Gasteiger charge is 2.31. The van der Waals surface area contributed by atoms with E-state index in [1.165, 1.54) is 0 Å². The molecular weight excluding hydrogens is 255 g/mol. The van der Waals surface area contributed by atoms with Crippen molar-refractivity contribution >= 4 is 27.5 Å². The molecule has 2 unspecified atom stereocenters. The first-order chi connectivity index (χ1) is 6.02. The zero-order chi connectivity index (χ0) is 9.90. The highest BCUT2D eigenvalue weighted by molar-refractivity contribution is 9.09. The van der Waals surface area contributed by atoms with Crippen LogP contribution in [0.1, 0.15) is 6.92 Å². The van der Waals surface area contributed by atoms with Crippen molar-refractivity contribution in [1.29, 1.82) is 0 Å². The lowest BCUT2D eigenvalue weighted by molar-refractivity contribution is -0.0567. The first-order valence-electron chi connectivity index (χ1n) is 3.82. The first kappa shape index (κ1) is 10.8. The lowest BCUT2D eigenvalue weighted by Gasteiger charge is -2.24. The second-order valence-electron chi connectivity index (χ2n) is 2.64. The minimum Gasteiger partial charge on any atom is -0.448 e. The molecule has 0 radical (unpaired) electrons. The maximum absolute atomic E-state index is 9.54. The molecule has 2 nitrogen and oxygen atoms in total. The van der Waals surface area contributed by atoms with E-state index in [2.05, 4.69) is 15.9 Å². The Kier molecular flexibility index (Phi) is 3.59. The lowest BCUT2D eigenvalue weighted by Crippen LogP contribution is -2.36. The number of ether oxygens (including phenoxy) is 1. The van der Waals surface area contributed by atoms with Crippen LogP contribution in [0, 0.1) is 0 Å². The van der Waals surface area contributed by atoms with Gasteiger partial charge >= 0.3 is 5.25 Å². The first-order valence-corrected chi connectivity index (χ1v) is 5.11. The second-order valence-corrected chi connectivity index (χ2v) is 4.56. The Balaban J connectivity index is 2.69. The van der Waals surface area contributed by atoms with Crippen LogP contribution in [0.5, 0.6) is 5.75 Å². The van der Waals surface area contributed by atoms with Crippen LogP contribution in [0.15, 0.2) is 30.3 Å². The molecule has 0 amide bonds. The molecule has 0 aliphatic rings. The van der Waals surface area contributed by atoms with Gasteiger partial charge in [-0.05, 0) is 30.7 Å². The molecule has 72 valence electrons. The number of para-hydroxylation sites is 1. The Morgan fingerprint density at radius 1 is 1.46 bits per heavy atom. The van der Waals surface area contributed by atoms with Crippen molar-refractivity contribution in [2.75, 3.05) is 0 Å². The van der Waals surface area contributed by atoms with Crippen LogP contribution < -0.4 is 4.74 Å². The van der Waals surface area contributed by atoms with E-state index < -0.39 is 5.25 Å². The summed E-state index contributed by atoms with van der Waals surface area (Å²) in [5, 5.41) is 7.83. The van der Waals surface area contributed by atoms with Crippen molar-refractivity contribution in [3.8, 4) is 5.75 Å². The molecule has 1 aromatic rings. The molecule has 2 atom stereocenters. The molecule has 0 heterocycles. The zero-order valence-corrected chi connectivity index (χ0v) is 9.42. The fraction of sp³-hybridized carbons (Fsp3) is 0.333. The van der Waals surface area contributed by atoms with Gasteiger partial charge in [0.15, 0.2) is 0 Å². The van der Waals surface area contributed by atoms with Gasteiger partial charge in [0.1, 0.15) is 5.75 Å². The number of hydrogen-bond donors (Lipinski definition) is 1. The van der Waals surface area contributed by atoms with Crippen LogP contribution in [0.4, 0.5) is 0 Å². The highest BCUT2D eigenvalue weighted by Crippen LogP contribution is 2.26. The third-order valence-electron chi connectivity index (χ3n) is 1.49. The molecule has 0 aliphatic carbocycles. The van der Waals surface area contributed by atoms with Crippen LogP contribution >= 0.6 is 27.5 Å². The summed E-state index contributed by atoms with van der Waals surface area (Å²) in [5.74, 6) is 0.534. The van der Waals surface area contributed by atoms with Gasteiger partial charge in [-0.2, -0.15) is 0 Å². The highest BCUT2D eigenvalue weighted by atomic mass is 79.9. The van der Waals surface area contributed by atoms with Crippen molar-refractivity contribution < 1.29 is 9.84 Å². The van der Waals surface area contributed by atoms with E-state index in [1.54, 1.807) is 31.2 Å². The molecular formula is C9H10BrClO2. The maximum Gasteiger partial charge on any atom is 0.300 e. The van der Waals surface area contributed by atoms with Gasteiger partial charge in [0.2, 0.25) is 0 Å². The van der Waals surface area contributed by atoms with Crippen LogP contribution in [-0.4, -0.2) is 15.2 Å². The van der Waals surface area contributed by atoms with E-state index in [9.17, 15) is 5.11 Å². The van der Waals surface area contributed by atoms with Gasteiger partial charge in [0.05, 0.1) is 4.83 Å². The largest absolute Gasteiger partial charge is 0.448 e. The lowest BCUT2D eigenvalue weighted by atomic mass is 10.3. The molecule has 4 heteroatoms. The fourth-order valence-electron chi connectivity index (χ4n) is 0.735. The van der Waals surface area contributed by atoms with Crippen molar-refractivity contribution in [3.05, 3.63) is 30.3 Å². The van der Waals surface area contributed by atoms with E-state index in [0.29, 0.717) is 5.75 Å². The van der Waals surface area contributed by atoms with Crippen LogP contribution in [0.25, 0.3) is 0 Å². The SMILES string of the molecule is CC(Br)C(O)(Cl)Oc1ccccc1. The van der Waals surface area contributed by atoms with Gasteiger partial charge in [0.25, 0.3) is 0 Å². The summed E-state index contributed by atoms with van der Waals surface area (Å²) >= 11 is 8.84. The third-order valence-corrected chi connectivity index (χ3v) is 2.78. The van der Waals surface area contributed by atoms with Gasteiger partial charge < -0.3 is 9.84 Å². The third kappa shape index (κ3) is 3.18. The summed E-state index contributed by atoms with van der Waals surface area (Å²) in [5.41, 5.74) is 0. The van der Waals surface area contributed by atoms with Gasteiger partial charge in [-0.15, -0.1) is 0 Å². The number of benzene rings is 1. The van der Waals surface area contributed by atoms with E-state index in [4.69, 9.17) is 16.3 Å². The van der Waals surface area contributed by atoms with Gasteiger partial charge in [-0.3, -0.25) is 0 Å². The summed E-state index contributed by atoms with van der Waals surface area (Å²) < 4.78 is 5.14. The number of halogens is 2. The van der Waals surface area contributed by atoms with Crippen molar-refractivity contribution in [2.45, 2.75) is 17.0 Å². The van der Waals surface area contributed by atoms with Crippen molar-refractivity contribution in [1.82, 2.24) is 0 Å². The summed E-state index contributed by atoms with van der Waals surface area (Å²) in [7, 11) is 0. The van der Waals surface area contributed by atoms with Crippen LogP contribution in [-0.2, 0) is 0 Å². The Hall–Kier alpha value is -0.250. The Morgan fingerprint density at radius 2 is 2.00 bits per heavy atom. The molecule has 1 rings (SSSR count). The van der Waals surface area contributed by atoms with E-state index in [0.717, 1.165) is 0 Å². The molecule has 1 N–H and O–H groups in total. The normalized spacial score (nSPS) is 17.5. The summed E-state index contributed by atoms with van der Waals surface area (Å²) in [6, 6.07) is 8.92. The Morgan fingerprint density at radius 3 is 2.46 bits per heavy atom. The second kappa shape index (κ2) is 4.31. The smallest absolute Gasteiger partial charge is 0.300 e. The molecule has 0 aliphatic heterocycles. The summed E-state index contributed by atoms with van der Waals surface area (Å²) in [6.07, 6.45) is 0. The van der Waals surface area contributed by atoms with Gasteiger partial charge in [-0.1, -0.05) is 34.1 Å². The van der Waals surface area contributed by atoms with E-state index in [1.807, 2.05) is 6.07 Å². The maximum atomic E-state index is 9.54. The van der Waals surface area contributed by atoms with E-state index in [-0.39, 0.29) is 4.83 Å². The molecule has 0 aromatic heterocycles. The predicted octanol–water partition coefficient (Wildman–Crippen LogP) is 2.73. The minimum atomic E-state index is -1.71. The fourth-order valence-corrected chi connectivity index (χ4v) is 0.918. The molecule has 1 aromatic carbocycles. The monoisotopic (exact) mass is 264 g/mol. The molecule has 0 saturated carbocycles. The number of rotatable bonds is 3. The number of aliphatic hydroxyl groups is 1. The number of hydrogen-bond acceptors (Lipinski definition) is 2. The van der Waals surface area contributed by atoms with Crippen LogP contribution in [0.3, 0.4) is 0 Å².